The molecule has 204 valence electrons. The van der Waals surface area contributed by atoms with Gasteiger partial charge in [-0.25, -0.2) is 0 Å². The number of nitrogens with one attached hydrogen (secondary N) is 3. The predicted octanol–water partition coefficient (Wildman–Crippen LogP) is 2.64. The van der Waals surface area contributed by atoms with E-state index in [4.69, 9.17) is 4.74 Å². The summed E-state index contributed by atoms with van der Waals surface area (Å²) >= 11 is 0. The van der Waals surface area contributed by atoms with Gasteiger partial charge in [-0.3, -0.25) is 34.4 Å². The first-order chi connectivity index (χ1) is 16.0. The maximum atomic E-state index is 13.1. The summed E-state index contributed by atoms with van der Waals surface area (Å²) < 4.78 is 17.9. The molecule has 10 nitrogen and oxygen atoms in total. The molecule has 0 bridgehead atoms. The zero-order valence-corrected chi connectivity index (χ0v) is 23.6. The van der Waals surface area contributed by atoms with Crippen LogP contribution in [0.1, 0.15) is 75.2 Å². The summed E-state index contributed by atoms with van der Waals surface area (Å²) in [6.07, 6.45) is -0.185. The van der Waals surface area contributed by atoms with Gasteiger partial charge in [-0.15, -0.1) is 0 Å². The minimum absolute atomic E-state index is 0.00540. The fourth-order valence-electron chi connectivity index (χ4n) is 3.49. The fourth-order valence-corrected chi connectivity index (χ4v) is 5.32. The smallest absolute Gasteiger partial charge is 0.315 e. The van der Waals surface area contributed by atoms with Crippen molar-refractivity contribution in [3.8, 4) is 0 Å². The molecule has 35 heavy (non-hydrogen) atoms. The second-order valence-corrected chi connectivity index (χ2v) is 12.9. The Morgan fingerprint density at radius 1 is 0.857 bits per heavy atom. The van der Waals surface area contributed by atoms with Crippen LogP contribution in [-0.4, -0.2) is 59.2 Å². The zero-order chi connectivity index (χ0) is 27.5. The van der Waals surface area contributed by atoms with Gasteiger partial charge in [0, 0.05) is 6.42 Å². The molecule has 0 saturated heterocycles. The van der Waals surface area contributed by atoms with E-state index in [1.165, 1.54) is 0 Å². The molecule has 0 aromatic rings. The van der Waals surface area contributed by atoms with Gasteiger partial charge in [0.25, 0.3) is 0 Å². The number of hydrogen-bond acceptors (Lipinski definition) is 7. The molecule has 3 amide bonds. The van der Waals surface area contributed by atoms with Crippen LogP contribution in [0.25, 0.3) is 0 Å². The molecule has 0 aliphatic carbocycles. The summed E-state index contributed by atoms with van der Waals surface area (Å²) in [4.78, 5) is 60.8. The van der Waals surface area contributed by atoms with E-state index in [0.717, 1.165) is 0 Å². The summed E-state index contributed by atoms with van der Waals surface area (Å²) in [5.41, 5.74) is 0. The Hall–Kier alpha value is -1.77. The average molecular weight is 520 g/mol. The Balaban J connectivity index is 5.66. The van der Waals surface area contributed by atoms with E-state index >= 15 is 0 Å². The van der Waals surface area contributed by atoms with Gasteiger partial charge < -0.3 is 14.9 Å². The van der Waals surface area contributed by atoms with Gasteiger partial charge in [0.05, 0.1) is 18.4 Å². The van der Waals surface area contributed by atoms with Gasteiger partial charge >= 0.3 is 5.97 Å². The summed E-state index contributed by atoms with van der Waals surface area (Å²) in [5.74, 6) is -3.92. The lowest BCUT2D eigenvalue weighted by atomic mass is 10.00. The molecule has 0 fully saturated rings. The number of carbonyl (C=O) groups is 4. The number of rotatable bonds is 15. The van der Waals surface area contributed by atoms with E-state index in [0.29, 0.717) is 0 Å². The Labute approximate surface area is 210 Å². The van der Waals surface area contributed by atoms with Crippen LogP contribution in [0.2, 0.25) is 0 Å². The van der Waals surface area contributed by atoms with Crippen molar-refractivity contribution < 1.29 is 33.4 Å². The van der Waals surface area contributed by atoms with Crippen LogP contribution < -0.4 is 16.0 Å². The van der Waals surface area contributed by atoms with Gasteiger partial charge in [-0.1, -0.05) is 55.4 Å². The van der Waals surface area contributed by atoms with E-state index in [-0.39, 0.29) is 49.0 Å². The van der Waals surface area contributed by atoms with Crippen molar-refractivity contribution in [2.45, 2.75) is 93.0 Å². The lowest BCUT2D eigenvalue weighted by Gasteiger charge is -2.31. The number of imide groups is 1. The van der Waals surface area contributed by atoms with Gasteiger partial charge in [-0.05, 0) is 37.0 Å². The molecule has 0 rings (SSSR count). The standard InChI is InChI=1S/C24H46N3O7P/c1-10-34-20(29)13-35(32,33)19(12-15(4)5)26-22(17(8)9)24(31)27-23(30)21(16(6)7)25-18(28)11-14(2)3/h14-17,19,21-22,26H,10-13H2,1-9H3,(H,25,28)(H,32,33)(H,27,30,31)/t19-,21+,22+/m1/s1. The highest BCUT2D eigenvalue weighted by atomic mass is 31.2. The van der Waals surface area contributed by atoms with Crippen molar-refractivity contribution >= 4 is 31.1 Å². The molecular weight excluding hydrogens is 473 g/mol. The molecule has 4 N–H and O–H groups in total. The van der Waals surface area contributed by atoms with Gasteiger partial charge in [0.2, 0.25) is 25.1 Å². The normalized spacial score (nSPS) is 16.1. The first-order valence-corrected chi connectivity index (χ1v) is 14.3. The van der Waals surface area contributed by atoms with Crippen molar-refractivity contribution in [3.05, 3.63) is 0 Å². The van der Waals surface area contributed by atoms with Crippen LogP contribution in [0.15, 0.2) is 0 Å². The van der Waals surface area contributed by atoms with Crippen molar-refractivity contribution in [3.63, 3.8) is 0 Å². The van der Waals surface area contributed by atoms with Crippen LogP contribution in [0, 0.1) is 23.7 Å². The first kappa shape index (κ1) is 33.2. The average Bonchev–Trinajstić information content (AvgIpc) is 2.67. The highest BCUT2D eigenvalue weighted by Gasteiger charge is 2.38. The van der Waals surface area contributed by atoms with Crippen molar-refractivity contribution in [1.29, 1.82) is 0 Å². The number of hydrogen-bond donors (Lipinski definition) is 4. The largest absolute Gasteiger partial charge is 0.466 e. The second-order valence-electron chi connectivity index (χ2n) is 10.5. The third-order valence-electron chi connectivity index (χ3n) is 5.27. The monoisotopic (exact) mass is 519 g/mol. The Morgan fingerprint density at radius 3 is 1.80 bits per heavy atom. The lowest BCUT2D eigenvalue weighted by Crippen LogP contribution is -2.57. The van der Waals surface area contributed by atoms with E-state index in [1.54, 1.807) is 34.6 Å². The SMILES string of the molecule is CCOC(=O)CP(=O)(O)[C@H](CC(C)C)N[C@H](C(=O)NC(=O)[C@@H](NC(=O)CC(C)C)C(C)C)C(C)C. The number of esters is 1. The maximum absolute atomic E-state index is 13.1. The van der Waals surface area contributed by atoms with Gasteiger partial charge in [0.15, 0.2) is 0 Å². The molecule has 1 unspecified atom stereocenters. The molecular formula is C24H46N3O7P. The van der Waals surface area contributed by atoms with Crippen LogP contribution >= 0.6 is 7.37 Å². The fraction of sp³-hybridized carbons (Fsp3) is 0.833. The van der Waals surface area contributed by atoms with Crippen LogP contribution in [0.3, 0.4) is 0 Å². The van der Waals surface area contributed by atoms with Crippen LogP contribution in [0.5, 0.6) is 0 Å². The van der Waals surface area contributed by atoms with Gasteiger partial charge in [0.1, 0.15) is 12.2 Å². The molecule has 11 heteroatoms. The van der Waals surface area contributed by atoms with Crippen molar-refractivity contribution in [2.75, 3.05) is 12.8 Å². The topological polar surface area (TPSA) is 151 Å². The Morgan fingerprint density at radius 2 is 1.37 bits per heavy atom. The molecule has 4 atom stereocenters. The Kier molecular flexibility index (Phi) is 14.6. The highest BCUT2D eigenvalue weighted by molar-refractivity contribution is 7.59. The minimum Gasteiger partial charge on any atom is -0.466 e. The number of amides is 3. The molecule has 0 aliphatic heterocycles. The summed E-state index contributed by atoms with van der Waals surface area (Å²) in [5, 5.41) is 7.98. The van der Waals surface area contributed by atoms with E-state index in [1.807, 2.05) is 27.7 Å². The Bertz CT molecular complexity index is 768. The van der Waals surface area contributed by atoms with Crippen molar-refractivity contribution in [1.82, 2.24) is 16.0 Å². The first-order valence-electron chi connectivity index (χ1n) is 12.4. The lowest BCUT2D eigenvalue weighted by molar-refractivity contribution is -0.140. The number of carbonyl (C=O) groups excluding carboxylic acids is 4. The third kappa shape index (κ3) is 12.7. The minimum atomic E-state index is -4.08. The van der Waals surface area contributed by atoms with E-state index in [2.05, 4.69) is 16.0 Å². The summed E-state index contributed by atoms with van der Waals surface area (Å²) in [7, 11) is -4.08. The van der Waals surface area contributed by atoms with E-state index < -0.39 is 49.2 Å². The summed E-state index contributed by atoms with van der Waals surface area (Å²) in [6.45, 7) is 16.2. The molecule has 0 radical (unpaired) electrons. The molecule has 0 aliphatic rings. The second kappa shape index (κ2) is 15.4. The van der Waals surface area contributed by atoms with Crippen LogP contribution in [-0.2, 0) is 28.5 Å². The zero-order valence-electron chi connectivity index (χ0n) is 22.7. The molecule has 0 spiro atoms. The van der Waals surface area contributed by atoms with Crippen molar-refractivity contribution in [2.24, 2.45) is 23.7 Å². The maximum Gasteiger partial charge on any atom is 0.315 e. The quantitative estimate of drug-likeness (QED) is 0.190. The van der Waals surface area contributed by atoms with E-state index in [9.17, 15) is 28.6 Å². The predicted molar refractivity (Wildman–Crippen MR) is 136 cm³/mol. The molecule has 0 aromatic heterocycles. The highest BCUT2D eigenvalue weighted by Crippen LogP contribution is 2.47. The summed E-state index contributed by atoms with van der Waals surface area (Å²) in [6, 6.07) is -1.89. The molecule has 0 saturated carbocycles. The molecule has 0 aromatic carbocycles. The van der Waals surface area contributed by atoms with Crippen LogP contribution in [0.4, 0.5) is 0 Å². The molecule has 0 heterocycles. The third-order valence-corrected chi connectivity index (χ3v) is 7.31. The van der Waals surface area contributed by atoms with Gasteiger partial charge in [-0.2, -0.15) is 0 Å². The number of ether oxygens (including phenoxy) is 1.